The van der Waals surface area contributed by atoms with E-state index in [9.17, 15) is 4.79 Å². The van der Waals surface area contributed by atoms with Crippen molar-refractivity contribution in [3.63, 3.8) is 0 Å². The first-order valence-corrected chi connectivity index (χ1v) is 10.1. The zero-order valence-electron chi connectivity index (χ0n) is 16.1. The van der Waals surface area contributed by atoms with E-state index in [2.05, 4.69) is 10.1 Å². The van der Waals surface area contributed by atoms with Crippen LogP contribution in [0.25, 0.3) is 0 Å². The molecule has 0 atom stereocenters. The summed E-state index contributed by atoms with van der Waals surface area (Å²) in [6.45, 7) is 2.29. The average Bonchev–Trinajstić information content (AvgIpc) is 3.50. The van der Waals surface area contributed by atoms with E-state index < -0.39 is 0 Å². The monoisotopic (exact) mass is 430 g/mol. The van der Waals surface area contributed by atoms with Gasteiger partial charge in [-0.2, -0.15) is 5.10 Å². The summed E-state index contributed by atoms with van der Waals surface area (Å²) in [6.07, 6.45) is 5.48. The number of ether oxygens (including phenoxy) is 1. The van der Waals surface area contributed by atoms with Gasteiger partial charge in [0, 0.05) is 32.0 Å². The summed E-state index contributed by atoms with van der Waals surface area (Å²) in [5.41, 5.74) is 2.01. The fourth-order valence-electron chi connectivity index (χ4n) is 3.25. The number of benzene rings is 1. The molecule has 0 aliphatic heterocycles. The second-order valence-electron chi connectivity index (χ2n) is 7.07. The van der Waals surface area contributed by atoms with Gasteiger partial charge in [-0.1, -0.05) is 35.3 Å². The Kier molecular flexibility index (Phi) is 5.48. The smallest absolute Gasteiger partial charge is 0.261 e. The van der Waals surface area contributed by atoms with Crippen molar-refractivity contribution in [3.8, 4) is 11.6 Å². The normalized spacial score (nSPS) is 13.4. The molecule has 1 saturated carbocycles. The number of aromatic nitrogens is 3. The Balaban J connectivity index is 1.68. The summed E-state index contributed by atoms with van der Waals surface area (Å²) in [4.78, 5) is 19.6. The quantitative estimate of drug-likeness (QED) is 0.550. The van der Waals surface area contributed by atoms with Crippen LogP contribution in [-0.2, 0) is 13.6 Å². The minimum Gasteiger partial charge on any atom is -0.437 e. The molecule has 2 aromatic heterocycles. The summed E-state index contributed by atoms with van der Waals surface area (Å²) < 4.78 is 7.57. The van der Waals surface area contributed by atoms with Crippen molar-refractivity contribution in [2.24, 2.45) is 7.05 Å². The topological polar surface area (TPSA) is 60.3 Å². The predicted molar refractivity (Wildman–Crippen MR) is 112 cm³/mol. The van der Waals surface area contributed by atoms with Crippen LogP contribution in [-0.4, -0.2) is 31.6 Å². The molecule has 1 aliphatic rings. The van der Waals surface area contributed by atoms with E-state index in [0.717, 1.165) is 18.4 Å². The van der Waals surface area contributed by atoms with Gasteiger partial charge in [0.05, 0.1) is 10.7 Å². The van der Waals surface area contributed by atoms with Gasteiger partial charge in [-0.05, 0) is 43.5 Å². The maximum atomic E-state index is 13.5. The third kappa shape index (κ3) is 4.09. The lowest BCUT2D eigenvalue weighted by Gasteiger charge is -2.23. The fourth-order valence-corrected chi connectivity index (χ4v) is 3.58. The van der Waals surface area contributed by atoms with Crippen LogP contribution >= 0.6 is 23.2 Å². The largest absolute Gasteiger partial charge is 0.437 e. The standard InChI is InChI=1S/C21H20Cl2N4O2/c1-13-18(20(28)27(15-8-9-15)12-14-5-4-10-24-11-14)21(26(2)25-13)29-17-7-3-6-16(22)19(17)23/h3-7,10-11,15H,8-9,12H2,1-2H3. The van der Waals surface area contributed by atoms with Gasteiger partial charge in [0.25, 0.3) is 5.91 Å². The third-order valence-electron chi connectivity index (χ3n) is 4.83. The zero-order valence-corrected chi connectivity index (χ0v) is 17.6. The van der Waals surface area contributed by atoms with Crippen LogP contribution in [0.2, 0.25) is 10.0 Å². The van der Waals surface area contributed by atoms with Gasteiger partial charge in [-0.15, -0.1) is 0 Å². The number of pyridine rings is 1. The number of rotatable bonds is 6. The van der Waals surface area contributed by atoms with E-state index in [1.807, 2.05) is 17.0 Å². The lowest BCUT2D eigenvalue weighted by atomic mass is 10.2. The van der Waals surface area contributed by atoms with Gasteiger partial charge in [-0.3, -0.25) is 9.78 Å². The van der Waals surface area contributed by atoms with Crippen LogP contribution in [0.3, 0.4) is 0 Å². The number of aryl methyl sites for hydroxylation is 2. The molecule has 6 nitrogen and oxygen atoms in total. The molecule has 3 aromatic rings. The molecule has 2 heterocycles. The molecule has 29 heavy (non-hydrogen) atoms. The van der Waals surface area contributed by atoms with Crippen molar-refractivity contribution in [3.05, 3.63) is 69.6 Å². The third-order valence-corrected chi connectivity index (χ3v) is 5.63. The zero-order chi connectivity index (χ0) is 20.5. The number of nitrogens with zero attached hydrogens (tertiary/aromatic N) is 4. The number of hydrogen-bond acceptors (Lipinski definition) is 4. The summed E-state index contributed by atoms with van der Waals surface area (Å²) >= 11 is 12.4. The van der Waals surface area contributed by atoms with Crippen molar-refractivity contribution < 1.29 is 9.53 Å². The van der Waals surface area contributed by atoms with E-state index in [0.29, 0.717) is 39.5 Å². The lowest BCUT2D eigenvalue weighted by Crippen LogP contribution is -2.33. The summed E-state index contributed by atoms with van der Waals surface area (Å²) in [7, 11) is 1.74. The van der Waals surface area contributed by atoms with Gasteiger partial charge in [0.2, 0.25) is 5.88 Å². The van der Waals surface area contributed by atoms with Crippen LogP contribution in [0.1, 0.15) is 34.5 Å². The van der Waals surface area contributed by atoms with E-state index in [1.165, 1.54) is 0 Å². The molecule has 0 bridgehead atoms. The highest BCUT2D eigenvalue weighted by Crippen LogP contribution is 2.38. The Morgan fingerprint density at radius 3 is 2.76 bits per heavy atom. The first-order valence-electron chi connectivity index (χ1n) is 9.31. The van der Waals surface area contributed by atoms with Gasteiger partial charge < -0.3 is 9.64 Å². The Morgan fingerprint density at radius 2 is 2.07 bits per heavy atom. The molecular formula is C21H20Cl2N4O2. The molecule has 0 N–H and O–H groups in total. The molecule has 4 rings (SSSR count). The number of halogens is 2. The highest BCUT2D eigenvalue weighted by Gasteiger charge is 2.36. The summed E-state index contributed by atoms with van der Waals surface area (Å²) in [5, 5.41) is 5.08. The molecule has 0 radical (unpaired) electrons. The van der Waals surface area contributed by atoms with Crippen molar-refractivity contribution in [1.82, 2.24) is 19.7 Å². The van der Waals surface area contributed by atoms with Crippen molar-refractivity contribution in [1.29, 1.82) is 0 Å². The van der Waals surface area contributed by atoms with E-state index in [1.54, 1.807) is 49.2 Å². The minimum absolute atomic E-state index is 0.116. The second kappa shape index (κ2) is 8.05. The molecule has 1 aliphatic carbocycles. The highest BCUT2D eigenvalue weighted by molar-refractivity contribution is 6.42. The van der Waals surface area contributed by atoms with E-state index in [4.69, 9.17) is 27.9 Å². The lowest BCUT2D eigenvalue weighted by molar-refractivity contribution is 0.0726. The maximum Gasteiger partial charge on any atom is 0.261 e. The summed E-state index contributed by atoms with van der Waals surface area (Å²) in [5.74, 6) is 0.602. The molecule has 8 heteroatoms. The minimum atomic E-state index is -0.116. The maximum absolute atomic E-state index is 13.5. The molecular weight excluding hydrogens is 411 g/mol. The summed E-state index contributed by atoms with van der Waals surface area (Å²) in [6, 6.07) is 9.18. The van der Waals surface area contributed by atoms with Gasteiger partial charge >= 0.3 is 0 Å². The van der Waals surface area contributed by atoms with Crippen molar-refractivity contribution in [2.75, 3.05) is 0 Å². The van der Waals surface area contributed by atoms with Crippen LogP contribution in [0.4, 0.5) is 0 Å². The van der Waals surface area contributed by atoms with Gasteiger partial charge in [-0.25, -0.2) is 4.68 Å². The molecule has 150 valence electrons. The van der Waals surface area contributed by atoms with Crippen LogP contribution in [0, 0.1) is 6.92 Å². The Bertz CT molecular complexity index is 1050. The van der Waals surface area contributed by atoms with E-state index >= 15 is 0 Å². The van der Waals surface area contributed by atoms with E-state index in [-0.39, 0.29) is 11.9 Å². The molecule has 1 fully saturated rings. The molecule has 0 unspecified atom stereocenters. The number of hydrogen-bond donors (Lipinski definition) is 0. The molecule has 0 spiro atoms. The fraction of sp³-hybridized carbons (Fsp3) is 0.286. The van der Waals surface area contributed by atoms with Crippen molar-refractivity contribution >= 4 is 29.1 Å². The number of carbonyl (C=O) groups excluding carboxylic acids is 1. The highest BCUT2D eigenvalue weighted by atomic mass is 35.5. The first kappa shape index (κ1) is 19.7. The number of carbonyl (C=O) groups is 1. The van der Waals surface area contributed by atoms with Crippen LogP contribution < -0.4 is 4.74 Å². The SMILES string of the molecule is Cc1nn(C)c(Oc2cccc(Cl)c2Cl)c1C(=O)N(Cc1cccnc1)C1CC1. The molecule has 1 aromatic carbocycles. The van der Waals surface area contributed by atoms with Crippen LogP contribution in [0.15, 0.2) is 42.7 Å². The molecule has 0 saturated heterocycles. The second-order valence-corrected chi connectivity index (χ2v) is 7.85. The van der Waals surface area contributed by atoms with Gasteiger partial charge in [0.15, 0.2) is 0 Å². The number of amides is 1. The van der Waals surface area contributed by atoms with Crippen LogP contribution in [0.5, 0.6) is 11.6 Å². The Labute approximate surface area is 179 Å². The Hall–Kier alpha value is -2.57. The first-order chi connectivity index (χ1) is 14.0. The Morgan fingerprint density at radius 1 is 1.28 bits per heavy atom. The van der Waals surface area contributed by atoms with Gasteiger partial charge in [0.1, 0.15) is 16.3 Å². The van der Waals surface area contributed by atoms with Crippen molar-refractivity contribution in [2.45, 2.75) is 32.4 Å². The molecule has 1 amide bonds. The predicted octanol–water partition coefficient (Wildman–Crippen LogP) is 5.03. The average molecular weight is 431 g/mol.